The van der Waals surface area contributed by atoms with Crippen molar-refractivity contribution in [3.8, 4) is 21.1 Å². The minimum atomic E-state index is 0.0390. The lowest BCUT2D eigenvalue weighted by molar-refractivity contribution is -0.119. The van der Waals surface area contributed by atoms with E-state index in [2.05, 4.69) is 77.6 Å². The Morgan fingerprint density at radius 3 is 1.84 bits per heavy atom. The maximum absolute atomic E-state index is 14.0. The van der Waals surface area contributed by atoms with Gasteiger partial charge in [-0.2, -0.15) is 0 Å². The molecule has 2 aliphatic carbocycles. The normalized spacial score (nSPS) is 20.8. The third kappa shape index (κ3) is 6.94. The van der Waals surface area contributed by atoms with Crippen molar-refractivity contribution in [3.05, 3.63) is 69.4 Å². The average Bonchev–Trinajstić information content (AvgIpc) is 3.78. The third-order valence-electron chi connectivity index (χ3n) is 12.6. The van der Waals surface area contributed by atoms with Crippen molar-refractivity contribution in [3.63, 3.8) is 0 Å². The van der Waals surface area contributed by atoms with Gasteiger partial charge in [-0.25, -0.2) is 9.97 Å². The molecule has 4 aromatic heterocycles. The summed E-state index contributed by atoms with van der Waals surface area (Å²) in [7, 11) is 0. The number of hydrogen-bond acceptors (Lipinski definition) is 10. The van der Waals surface area contributed by atoms with Gasteiger partial charge in [0.25, 0.3) is 0 Å². The monoisotopic (exact) mass is 820 g/mol. The largest absolute Gasteiger partial charge is 0.317 e. The molecular formula is C44H48N6O2S4. The smallest absolute Gasteiger partial charge is 0.228 e. The molecule has 0 spiro atoms. The predicted octanol–water partition coefficient (Wildman–Crippen LogP) is 10.7. The van der Waals surface area contributed by atoms with Crippen LogP contribution in [0.3, 0.4) is 0 Å². The van der Waals surface area contributed by atoms with Gasteiger partial charge in [0.05, 0.1) is 20.4 Å². The zero-order chi connectivity index (χ0) is 38.1. The topological polar surface area (TPSA) is 90.5 Å². The fourth-order valence-electron chi connectivity index (χ4n) is 9.27. The number of nitrogens with one attached hydrogen (secondary N) is 2. The van der Waals surface area contributed by atoms with Gasteiger partial charge < -0.3 is 10.6 Å². The molecule has 0 saturated heterocycles. The number of carbonyl (C=O) groups is 2. The van der Waals surface area contributed by atoms with E-state index in [1.165, 1.54) is 30.3 Å². The standard InChI is InChI=1S/C44H48N6O2S4/c1-24(2)49-18-16-28-35(22-49)55-44(38(28)42-46-32-13-7-9-15-34(32)54-42)48-40(52)30-21-27(30)20-25(3)50-19-17-29-36(23-50)56-43(47-39(51)26-10-4-5-11-26)37(29)41-45-31-12-6-8-14-33(31)53-41/h6-9,12-15,24-27,30H,4-5,10-11,16-23H2,1-3H3,(H,47,51)(H,48,52). The first-order chi connectivity index (χ1) is 27.3. The fourth-order valence-corrected chi connectivity index (χ4v) is 14.0. The highest BCUT2D eigenvalue weighted by Gasteiger charge is 2.45. The van der Waals surface area contributed by atoms with Gasteiger partial charge in [-0.1, -0.05) is 37.1 Å². The van der Waals surface area contributed by atoms with Gasteiger partial charge >= 0.3 is 0 Å². The Morgan fingerprint density at radius 1 is 0.732 bits per heavy atom. The number of para-hydroxylation sites is 2. The van der Waals surface area contributed by atoms with Crippen molar-refractivity contribution < 1.29 is 9.59 Å². The molecule has 2 aromatic carbocycles. The van der Waals surface area contributed by atoms with Crippen LogP contribution in [0.5, 0.6) is 0 Å². The second-order valence-electron chi connectivity index (χ2n) is 16.6. The van der Waals surface area contributed by atoms with Crippen molar-refractivity contribution in [2.75, 3.05) is 23.7 Å². The molecule has 2 amide bonds. The van der Waals surface area contributed by atoms with Gasteiger partial charge in [0.1, 0.15) is 20.0 Å². The Balaban J connectivity index is 0.844. The lowest BCUT2D eigenvalue weighted by Crippen LogP contribution is -2.37. The van der Waals surface area contributed by atoms with Crippen molar-refractivity contribution in [2.24, 2.45) is 17.8 Å². The lowest BCUT2D eigenvalue weighted by Gasteiger charge is -2.32. The summed E-state index contributed by atoms with van der Waals surface area (Å²) in [5, 5.41) is 10.8. The summed E-state index contributed by atoms with van der Waals surface area (Å²) < 4.78 is 2.36. The fraction of sp³-hybridized carbons (Fsp3) is 0.455. The van der Waals surface area contributed by atoms with Gasteiger partial charge in [-0.05, 0) is 101 Å². The molecule has 4 aliphatic rings. The number of fused-ring (bicyclic) bond motifs is 4. The minimum absolute atomic E-state index is 0.0390. The maximum atomic E-state index is 14.0. The van der Waals surface area contributed by atoms with Crippen molar-refractivity contribution in [2.45, 2.75) is 97.3 Å². The SMILES string of the molecule is CC(C)N1CCc2c(sc(NC(=O)C3CC3CC(C)N3CCc4c(sc(NC(=O)C5CCCC5)c4-c4nc5ccccc5s4)C3)c2-c2nc3ccccc3s2)C1. The number of hydrogen-bond donors (Lipinski definition) is 2. The molecule has 2 N–H and O–H groups in total. The van der Waals surface area contributed by atoms with E-state index in [-0.39, 0.29) is 23.7 Å². The zero-order valence-electron chi connectivity index (χ0n) is 32.2. The molecule has 0 radical (unpaired) electrons. The number of rotatable bonds is 10. The number of thiophene rings is 2. The molecule has 10 rings (SSSR count). The average molecular weight is 821 g/mol. The van der Waals surface area contributed by atoms with Gasteiger partial charge in [0.15, 0.2) is 0 Å². The highest BCUT2D eigenvalue weighted by atomic mass is 32.1. The van der Waals surface area contributed by atoms with Gasteiger partial charge in [0.2, 0.25) is 11.8 Å². The number of amides is 2. The van der Waals surface area contributed by atoms with Crippen LogP contribution in [0.4, 0.5) is 10.0 Å². The summed E-state index contributed by atoms with van der Waals surface area (Å²) in [6.07, 6.45) is 8.09. The van der Waals surface area contributed by atoms with E-state index < -0.39 is 0 Å². The number of benzene rings is 2. The highest BCUT2D eigenvalue weighted by molar-refractivity contribution is 7.23. The predicted molar refractivity (Wildman–Crippen MR) is 234 cm³/mol. The molecule has 56 heavy (non-hydrogen) atoms. The Labute approximate surface area is 344 Å². The molecule has 12 heteroatoms. The van der Waals surface area contributed by atoms with Crippen molar-refractivity contribution in [1.29, 1.82) is 0 Å². The third-order valence-corrected chi connectivity index (χ3v) is 17.0. The van der Waals surface area contributed by atoms with E-state index in [1.807, 2.05) is 12.1 Å². The summed E-state index contributed by atoms with van der Waals surface area (Å²) in [6, 6.07) is 17.5. The van der Waals surface area contributed by atoms with Crippen LogP contribution in [0, 0.1) is 17.8 Å². The molecule has 6 heterocycles. The van der Waals surface area contributed by atoms with Crippen LogP contribution in [0.15, 0.2) is 48.5 Å². The van der Waals surface area contributed by atoms with E-state index in [0.29, 0.717) is 18.0 Å². The molecule has 290 valence electrons. The number of nitrogens with zero attached hydrogens (tertiary/aromatic N) is 4. The molecule has 2 saturated carbocycles. The summed E-state index contributed by atoms with van der Waals surface area (Å²) >= 11 is 6.97. The van der Waals surface area contributed by atoms with E-state index in [9.17, 15) is 9.59 Å². The van der Waals surface area contributed by atoms with Gasteiger partial charge in [-0.3, -0.25) is 19.4 Å². The van der Waals surface area contributed by atoms with Gasteiger partial charge in [0, 0.05) is 71.0 Å². The first-order valence-corrected chi connectivity index (χ1v) is 23.6. The van der Waals surface area contributed by atoms with Gasteiger partial charge in [-0.15, -0.1) is 45.3 Å². The number of aromatic nitrogens is 2. The van der Waals surface area contributed by atoms with E-state index in [0.717, 1.165) is 120 Å². The maximum Gasteiger partial charge on any atom is 0.228 e. The van der Waals surface area contributed by atoms with Crippen LogP contribution < -0.4 is 10.6 Å². The Hall–Kier alpha value is -3.52. The minimum Gasteiger partial charge on any atom is -0.317 e. The van der Waals surface area contributed by atoms with Crippen LogP contribution in [-0.2, 0) is 35.5 Å². The molecule has 3 atom stereocenters. The van der Waals surface area contributed by atoms with Crippen LogP contribution in [0.1, 0.15) is 80.2 Å². The molecular weight excluding hydrogens is 773 g/mol. The molecule has 6 aromatic rings. The van der Waals surface area contributed by atoms with Crippen LogP contribution >= 0.6 is 45.3 Å². The number of anilines is 2. The molecule has 8 nitrogen and oxygen atoms in total. The van der Waals surface area contributed by atoms with E-state index in [1.54, 1.807) is 45.3 Å². The Morgan fingerprint density at radius 2 is 1.27 bits per heavy atom. The molecule has 0 bridgehead atoms. The first-order valence-electron chi connectivity index (χ1n) is 20.4. The second-order valence-corrected chi connectivity index (χ2v) is 20.8. The highest BCUT2D eigenvalue weighted by Crippen LogP contribution is 2.50. The number of carbonyl (C=O) groups excluding carboxylic acids is 2. The summed E-state index contributed by atoms with van der Waals surface area (Å²) in [5.41, 5.74) is 7.04. The number of thiazole rings is 2. The van der Waals surface area contributed by atoms with Crippen LogP contribution in [-0.4, -0.2) is 56.8 Å². The van der Waals surface area contributed by atoms with Crippen molar-refractivity contribution in [1.82, 2.24) is 19.8 Å². The Bertz CT molecular complexity index is 2390. The quantitative estimate of drug-likeness (QED) is 0.143. The second kappa shape index (κ2) is 15.0. The van der Waals surface area contributed by atoms with Crippen LogP contribution in [0.2, 0.25) is 0 Å². The molecule has 2 fully saturated rings. The van der Waals surface area contributed by atoms with Crippen molar-refractivity contribution >= 4 is 87.6 Å². The molecule has 2 aliphatic heterocycles. The van der Waals surface area contributed by atoms with Crippen LogP contribution in [0.25, 0.3) is 41.6 Å². The molecule has 3 unspecified atom stereocenters. The Kier molecular flexibility index (Phi) is 9.86. The zero-order valence-corrected chi connectivity index (χ0v) is 35.5. The summed E-state index contributed by atoms with van der Waals surface area (Å²) in [4.78, 5) is 45.4. The lowest BCUT2D eigenvalue weighted by atomic mass is 10.00. The summed E-state index contributed by atoms with van der Waals surface area (Å²) in [5.74, 6) is 0.853. The first kappa shape index (κ1) is 36.8. The van der Waals surface area contributed by atoms with E-state index in [4.69, 9.17) is 9.97 Å². The van der Waals surface area contributed by atoms with E-state index >= 15 is 0 Å². The summed E-state index contributed by atoms with van der Waals surface area (Å²) in [6.45, 7) is 10.6.